The molecule has 0 saturated carbocycles. The van der Waals surface area contributed by atoms with E-state index in [9.17, 15) is 0 Å². The number of H-pyrrole nitrogens is 1. The minimum Gasteiger partial charge on any atom is -0.277 e. The zero-order valence-electron chi connectivity index (χ0n) is 12.5. The van der Waals surface area contributed by atoms with Crippen molar-refractivity contribution in [1.82, 2.24) is 10.2 Å². The van der Waals surface area contributed by atoms with Gasteiger partial charge in [-0.25, -0.2) is 0 Å². The number of nitrogens with one attached hydrogen (secondary N) is 1. The first-order valence-electron chi connectivity index (χ1n) is 7.01. The van der Waals surface area contributed by atoms with E-state index in [0.29, 0.717) is 0 Å². The Morgan fingerprint density at radius 1 is 1.00 bits per heavy atom. The second-order valence-corrected chi connectivity index (χ2v) is 6.40. The van der Waals surface area contributed by atoms with Crippen LogP contribution in [-0.2, 0) is 5.41 Å². The fraction of sp³-hybridized carbons (Fsp3) is 0.278. The molecule has 0 aliphatic rings. The van der Waals surface area contributed by atoms with E-state index in [1.165, 1.54) is 22.1 Å². The van der Waals surface area contributed by atoms with Crippen LogP contribution >= 0.6 is 0 Å². The second kappa shape index (κ2) is 4.48. The number of nitrogens with zero attached hydrogens (tertiary/aromatic N) is 1. The fourth-order valence-corrected chi connectivity index (χ4v) is 2.51. The van der Waals surface area contributed by atoms with Crippen LogP contribution in [0.4, 0.5) is 0 Å². The number of benzene rings is 2. The molecule has 2 heteroatoms. The lowest BCUT2D eigenvalue weighted by Crippen LogP contribution is -2.11. The smallest absolute Gasteiger partial charge is 0.100 e. The largest absolute Gasteiger partial charge is 0.277 e. The molecule has 0 radical (unpaired) electrons. The molecule has 0 aliphatic carbocycles. The summed E-state index contributed by atoms with van der Waals surface area (Å²) >= 11 is 0. The zero-order chi connectivity index (χ0) is 14.3. The minimum absolute atomic E-state index is 0.147. The maximum absolute atomic E-state index is 4.52. The number of rotatable bonds is 1. The highest BCUT2D eigenvalue weighted by atomic mass is 15.1. The van der Waals surface area contributed by atoms with Gasteiger partial charge < -0.3 is 0 Å². The fourth-order valence-electron chi connectivity index (χ4n) is 2.51. The number of aromatic amines is 1. The number of fused-ring (bicyclic) bond motifs is 1. The third-order valence-corrected chi connectivity index (χ3v) is 3.83. The Balaban J connectivity index is 2.24. The number of aromatic nitrogens is 2. The molecule has 2 aromatic carbocycles. The van der Waals surface area contributed by atoms with Crippen LogP contribution in [0.2, 0.25) is 0 Å². The first-order valence-corrected chi connectivity index (χ1v) is 7.01. The Labute approximate surface area is 119 Å². The summed E-state index contributed by atoms with van der Waals surface area (Å²) in [6, 6.07) is 15.0. The van der Waals surface area contributed by atoms with Crippen molar-refractivity contribution >= 4 is 10.9 Å². The Hall–Kier alpha value is -2.09. The summed E-state index contributed by atoms with van der Waals surface area (Å²) in [5.74, 6) is 0. The average Bonchev–Trinajstić information content (AvgIpc) is 2.82. The Morgan fingerprint density at radius 3 is 2.50 bits per heavy atom. The summed E-state index contributed by atoms with van der Waals surface area (Å²) in [7, 11) is 0. The lowest BCUT2D eigenvalue weighted by molar-refractivity contribution is 0.590. The van der Waals surface area contributed by atoms with Gasteiger partial charge in [0.15, 0.2) is 0 Å². The molecule has 20 heavy (non-hydrogen) atoms. The van der Waals surface area contributed by atoms with Crippen molar-refractivity contribution in [2.75, 3.05) is 0 Å². The molecule has 0 amide bonds. The highest BCUT2D eigenvalue weighted by Gasteiger charge is 2.17. The number of para-hydroxylation sites is 1. The van der Waals surface area contributed by atoms with Crippen molar-refractivity contribution in [3.05, 3.63) is 53.6 Å². The van der Waals surface area contributed by atoms with Gasteiger partial charge in [0, 0.05) is 10.9 Å². The third-order valence-electron chi connectivity index (χ3n) is 3.83. The van der Waals surface area contributed by atoms with Gasteiger partial charge in [0.25, 0.3) is 0 Å². The molecular formula is C18H20N2. The van der Waals surface area contributed by atoms with Crippen molar-refractivity contribution in [2.24, 2.45) is 0 Å². The monoisotopic (exact) mass is 264 g/mol. The molecule has 0 saturated heterocycles. The lowest BCUT2D eigenvalue weighted by Gasteiger charge is -2.20. The predicted octanol–water partition coefficient (Wildman–Crippen LogP) is 4.84. The van der Waals surface area contributed by atoms with E-state index in [4.69, 9.17) is 0 Å². The number of hydrogen-bond donors (Lipinski definition) is 1. The quantitative estimate of drug-likeness (QED) is 0.669. The van der Waals surface area contributed by atoms with Gasteiger partial charge >= 0.3 is 0 Å². The van der Waals surface area contributed by atoms with Crippen LogP contribution in [0.25, 0.3) is 22.2 Å². The highest BCUT2D eigenvalue weighted by Crippen LogP contribution is 2.32. The van der Waals surface area contributed by atoms with Crippen LogP contribution in [0, 0.1) is 6.92 Å². The van der Waals surface area contributed by atoms with E-state index in [-0.39, 0.29) is 5.41 Å². The van der Waals surface area contributed by atoms with Crippen LogP contribution < -0.4 is 0 Å². The van der Waals surface area contributed by atoms with Crippen molar-refractivity contribution in [3.63, 3.8) is 0 Å². The molecular weight excluding hydrogens is 244 g/mol. The molecule has 0 unspecified atom stereocenters. The third kappa shape index (κ3) is 2.11. The van der Waals surface area contributed by atoms with Gasteiger partial charge in [-0.1, -0.05) is 51.1 Å². The van der Waals surface area contributed by atoms with Crippen molar-refractivity contribution in [1.29, 1.82) is 0 Å². The topological polar surface area (TPSA) is 28.7 Å². The molecule has 0 spiro atoms. The van der Waals surface area contributed by atoms with E-state index in [0.717, 1.165) is 11.2 Å². The molecule has 0 fully saturated rings. The summed E-state index contributed by atoms with van der Waals surface area (Å²) < 4.78 is 0. The van der Waals surface area contributed by atoms with E-state index >= 15 is 0 Å². The van der Waals surface area contributed by atoms with Crippen LogP contribution in [0.1, 0.15) is 31.9 Å². The molecule has 1 aromatic heterocycles. The average molecular weight is 264 g/mol. The molecule has 1 N–H and O–H groups in total. The summed E-state index contributed by atoms with van der Waals surface area (Å²) in [5.41, 5.74) is 6.09. The zero-order valence-corrected chi connectivity index (χ0v) is 12.5. The van der Waals surface area contributed by atoms with E-state index < -0.39 is 0 Å². The summed E-state index contributed by atoms with van der Waals surface area (Å²) in [4.78, 5) is 0. The van der Waals surface area contributed by atoms with E-state index in [1.54, 1.807) is 0 Å². The Morgan fingerprint density at radius 2 is 1.75 bits per heavy atom. The first kappa shape index (κ1) is 12.9. The van der Waals surface area contributed by atoms with Crippen LogP contribution in [0.3, 0.4) is 0 Å². The van der Waals surface area contributed by atoms with Crippen molar-refractivity contribution < 1.29 is 0 Å². The van der Waals surface area contributed by atoms with Gasteiger partial charge in [-0.05, 0) is 35.6 Å². The molecule has 3 aromatic rings. The van der Waals surface area contributed by atoms with Gasteiger partial charge in [0.1, 0.15) is 5.69 Å². The van der Waals surface area contributed by atoms with E-state index in [1.807, 2.05) is 6.07 Å². The maximum atomic E-state index is 4.52. The molecule has 0 aliphatic heterocycles. The molecule has 2 nitrogen and oxygen atoms in total. The summed E-state index contributed by atoms with van der Waals surface area (Å²) in [5, 5.41) is 8.83. The van der Waals surface area contributed by atoms with Gasteiger partial charge in [-0.3, -0.25) is 5.10 Å². The number of hydrogen-bond acceptors (Lipinski definition) is 1. The second-order valence-electron chi connectivity index (χ2n) is 6.40. The first-order chi connectivity index (χ1) is 9.47. The molecule has 0 atom stereocenters. The van der Waals surface area contributed by atoms with Gasteiger partial charge in [0.2, 0.25) is 0 Å². The Bertz CT molecular complexity index is 760. The van der Waals surface area contributed by atoms with Gasteiger partial charge in [0.05, 0.1) is 5.52 Å². The minimum atomic E-state index is 0.147. The van der Waals surface area contributed by atoms with Gasteiger partial charge in [-0.15, -0.1) is 0 Å². The van der Waals surface area contributed by atoms with Gasteiger partial charge in [-0.2, -0.15) is 5.10 Å². The molecule has 1 heterocycles. The van der Waals surface area contributed by atoms with Crippen molar-refractivity contribution in [2.45, 2.75) is 33.1 Å². The molecule has 0 bridgehead atoms. The molecule has 102 valence electrons. The Kier molecular flexibility index (Phi) is 2.89. The lowest BCUT2D eigenvalue weighted by atomic mass is 9.84. The summed E-state index contributed by atoms with van der Waals surface area (Å²) in [6.45, 7) is 8.86. The number of aryl methyl sites for hydroxylation is 1. The standard InChI is InChI=1S/C18H20N2/c1-12-9-10-13(18(2,3)4)11-15(12)17-14-7-5-6-8-16(14)19-20-17/h5-11H,1-4H3,(H,19,20). The van der Waals surface area contributed by atoms with E-state index in [2.05, 4.69) is 74.3 Å². The predicted molar refractivity (Wildman–Crippen MR) is 85.0 cm³/mol. The molecule has 3 rings (SSSR count). The highest BCUT2D eigenvalue weighted by molar-refractivity contribution is 5.93. The SMILES string of the molecule is Cc1ccc(C(C)(C)C)cc1-c1n[nH]c2ccccc12. The van der Waals surface area contributed by atoms with Crippen molar-refractivity contribution in [3.8, 4) is 11.3 Å². The van der Waals surface area contributed by atoms with Crippen LogP contribution in [0.5, 0.6) is 0 Å². The normalized spacial score (nSPS) is 12.0. The van der Waals surface area contributed by atoms with Crippen LogP contribution in [-0.4, -0.2) is 10.2 Å². The summed E-state index contributed by atoms with van der Waals surface area (Å²) in [6.07, 6.45) is 0. The van der Waals surface area contributed by atoms with Crippen LogP contribution in [0.15, 0.2) is 42.5 Å². The maximum Gasteiger partial charge on any atom is 0.100 e.